The minimum atomic E-state index is -0.0377. The number of rotatable bonds is 7. The van der Waals surface area contributed by atoms with Crippen molar-refractivity contribution in [3.63, 3.8) is 0 Å². The van der Waals surface area contributed by atoms with Gasteiger partial charge in [0.1, 0.15) is 12.4 Å². The lowest BCUT2D eigenvalue weighted by Crippen LogP contribution is -2.36. The van der Waals surface area contributed by atoms with Gasteiger partial charge < -0.3 is 10.1 Å². The number of hydrogen-bond donors (Lipinski definition) is 1. The molecule has 0 fully saturated rings. The van der Waals surface area contributed by atoms with Gasteiger partial charge in [0.2, 0.25) is 5.91 Å². The molecule has 0 aromatic heterocycles. The van der Waals surface area contributed by atoms with Gasteiger partial charge in [-0.1, -0.05) is 29.8 Å². The van der Waals surface area contributed by atoms with E-state index in [1.807, 2.05) is 49.4 Å². The first-order valence-corrected chi connectivity index (χ1v) is 8.55. The third kappa shape index (κ3) is 5.89. The van der Waals surface area contributed by atoms with Crippen LogP contribution in [0.25, 0.3) is 0 Å². The zero-order valence-electron chi connectivity index (χ0n) is 14.4. The van der Waals surface area contributed by atoms with Crippen LogP contribution < -0.4 is 10.1 Å². The highest BCUT2D eigenvalue weighted by molar-refractivity contribution is 6.30. The molecule has 0 unspecified atom stereocenters. The third-order valence-corrected chi connectivity index (χ3v) is 4.19. The molecule has 0 aliphatic heterocycles. The molecular formula is C20H24ClNO2. The Kier molecular flexibility index (Phi) is 6.68. The Morgan fingerprint density at radius 2 is 1.83 bits per heavy atom. The number of benzene rings is 2. The second-order valence-electron chi connectivity index (χ2n) is 6.15. The van der Waals surface area contributed by atoms with Gasteiger partial charge >= 0.3 is 0 Å². The highest BCUT2D eigenvalue weighted by Gasteiger charge is 2.09. The predicted octanol–water partition coefficient (Wildman–Crippen LogP) is 4.47. The Balaban J connectivity index is 1.72. The van der Waals surface area contributed by atoms with Gasteiger partial charge in [-0.05, 0) is 68.1 Å². The highest BCUT2D eigenvalue weighted by atomic mass is 35.5. The largest absolute Gasteiger partial charge is 0.491 e. The summed E-state index contributed by atoms with van der Waals surface area (Å²) in [5, 5.41) is 3.68. The quantitative estimate of drug-likeness (QED) is 0.803. The van der Waals surface area contributed by atoms with Crippen molar-refractivity contribution < 1.29 is 9.53 Å². The van der Waals surface area contributed by atoms with Gasteiger partial charge in [-0.3, -0.25) is 4.79 Å². The lowest BCUT2D eigenvalue weighted by molar-refractivity contribution is -0.121. The van der Waals surface area contributed by atoms with Gasteiger partial charge in [0.05, 0.1) is 6.04 Å². The van der Waals surface area contributed by atoms with E-state index in [0.29, 0.717) is 24.5 Å². The van der Waals surface area contributed by atoms with Crippen LogP contribution in [0.4, 0.5) is 0 Å². The van der Waals surface area contributed by atoms with Crippen molar-refractivity contribution in [2.75, 3.05) is 6.61 Å². The van der Waals surface area contributed by atoms with Gasteiger partial charge in [0.15, 0.2) is 0 Å². The van der Waals surface area contributed by atoms with Gasteiger partial charge in [-0.15, -0.1) is 0 Å². The summed E-state index contributed by atoms with van der Waals surface area (Å²) in [6, 6.07) is 13.6. The molecule has 0 aliphatic rings. The van der Waals surface area contributed by atoms with E-state index in [1.54, 1.807) is 0 Å². The number of carbonyl (C=O) groups excluding carboxylic acids is 1. The zero-order valence-corrected chi connectivity index (χ0v) is 15.2. The molecule has 0 spiro atoms. The lowest BCUT2D eigenvalue weighted by atomic mass is 10.1. The van der Waals surface area contributed by atoms with Crippen LogP contribution >= 0.6 is 11.6 Å². The predicted molar refractivity (Wildman–Crippen MR) is 98.8 cm³/mol. The van der Waals surface area contributed by atoms with Crippen LogP contribution in [-0.4, -0.2) is 18.6 Å². The summed E-state index contributed by atoms with van der Waals surface area (Å²) < 4.78 is 5.75. The Morgan fingerprint density at radius 1 is 1.12 bits per heavy atom. The first-order valence-electron chi connectivity index (χ1n) is 8.18. The Labute approximate surface area is 149 Å². The van der Waals surface area contributed by atoms with Crippen LogP contribution in [0.1, 0.15) is 30.0 Å². The molecule has 24 heavy (non-hydrogen) atoms. The van der Waals surface area contributed by atoms with Crippen molar-refractivity contribution in [1.29, 1.82) is 0 Å². The molecule has 0 heterocycles. The van der Waals surface area contributed by atoms with E-state index in [9.17, 15) is 4.79 Å². The first kappa shape index (κ1) is 18.3. The van der Waals surface area contributed by atoms with Crippen molar-refractivity contribution in [2.24, 2.45) is 0 Å². The molecule has 0 bridgehead atoms. The molecule has 0 saturated heterocycles. The molecule has 2 rings (SSSR count). The second kappa shape index (κ2) is 8.74. The maximum absolute atomic E-state index is 12.0. The summed E-state index contributed by atoms with van der Waals surface area (Å²) >= 11 is 5.85. The van der Waals surface area contributed by atoms with Crippen LogP contribution in [-0.2, 0) is 11.2 Å². The summed E-state index contributed by atoms with van der Waals surface area (Å²) in [5.41, 5.74) is 3.55. The molecule has 1 N–H and O–H groups in total. The summed E-state index contributed by atoms with van der Waals surface area (Å²) in [6.45, 7) is 6.53. The van der Waals surface area contributed by atoms with E-state index >= 15 is 0 Å². The van der Waals surface area contributed by atoms with Gasteiger partial charge in [-0.2, -0.15) is 0 Å². The highest BCUT2D eigenvalue weighted by Crippen LogP contribution is 2.16. The fourth-order valence-electron chi connectivity index (χ4n) is 2.32. The van der Waals surface area contributed by atoms with Crippen LogP contribution in [0, 0.1) is 13.8 Å². The average molecular weight is 346 g/mol. The molecule has 2 aromatic carbocycles. The molecule has 0 aliphatic carbocycles. The number of nitrogens with one attached hydrogen (secondary N) is 1. The number of ether oxygens (including phenoxy) is 1. The standard InChI is InChI=1S/C20H24ClNO2/c1-14-4-10-19(12-15(14)2)24-13-16(3)22-20(23)11-7-17-5-8-18(21)9-6-17/h4-6,8-10,12,16H,7,11,13H2,1-3H3,(H,22,23)/t16-/m0/s1. The average Bonchev–Trinajstić information content (AvgIpc) is 2.55. The maximum atomic E-state index is 12.0. The molecule has 3 nitrogen and oxygen atoms in total. The molecule has 4 heteroatoms. The summed E-state index contributed by atoms with van der Waals surface area (Å²) in [4.78, 5) is 12.0. The number of halogens is 1. The number of hydrogen-bond acceptors (Lipinski definition) is 2. The molecular weight excluding hydrogens is 322 g/mol. The van der Waals surface area contributed by atoms with Crippen LogP contribution in [0.3, 0.4) is 0 Å². The van der Waals surface area contributed by atoms with E-state index in [0.717, 1.165) is 11.3 Å². The molecule has 1 atom stereocenters. The maximum Gasteiger partial charge on any atom is 0.220 e. The summed E-state index contributed by atoms with van der Waals surface area (Å²) in [7, 11) is 0. The normalized spacial score (nSPS) is 11.8. The van der Waals surface area contributed by atoms with E-state index in [1.165, 1.54) is 11.1 Å². The minimum Gasteiger partial charge on any atom is -0.491 e. The number of aryl methyl sites for hydroxylation is 3. The number of amides is 1. The van der Waals surface area contributed by atoms with E-state index < -0.39 is 0 Å². The fourth-order valence-corrected chi connectivity index (χ4v) is 2.45. The van der Waals surface area contributed by atoms with Crippen molar-refractivity contribution in [3.8, 4) is 5.75 Å². The number of carbonyl (C=O) groups is 1. The fraction of sp³-hybridized carbons (Fsp3) is 0.350. The molecule has 1 amide bonds. The Bertz CT molecular complexity index is 683. The van der Waals surface area contributed by atoms with Crippen LogP contribution in [0.5, 0.6) is 5.75 Å². The van der Waals surface area contributed by atoms with Crippen molar-refractivity contribution in [3.05, 3.63) is 64.2 Å². The minimum absolute atomic E-state index is 0.0288. The van der Waals surface area contributed by atoms with Gasteiger partial charge in [0.25, 0.3) is 0 Å². The molecule has 0 saturated carbocycles. The van der Waals surface area contributed by atoms with E-state index in [2.05, 4.69) is 19.2 Å². The zero-order chi connectivity index (χ0) is 17.5. The Hall–Kier alpha value is -2.00. The topological polar surface area (TPSA) is 38.3 Å². The van der Waals surface area contributed by atoms with Crippen molar-refractivity contribution >= 4 is 17.5 Å². The van der Waals surface area contributed by atoms with Crippen LogP contribution in [0.2, 0.25) is 5.02 Å². The van der Waals surface area contributed by atoms with Crippen LogP contribution in [0.15, 0.2) is 42.5 Å². The molecule has 128 valence electrons. The monoisotopic (exact) mass is 345 g/mol. The van der Waals surface area contributed by atoms with Crippen molar-refractivity contribution in [2.45, 2.75) is 39.7 Å². The SMILES string of the molecule is Cc1ccc(OC[C@H](C)NC(=O)CCc2ccc(Cl)cc2)cc1C. The van der Waals surface area contributed by atoms with Gasteiger partial charge in [-0.25, -0.2) is 0 Å². The van der Waals surface area contributed by atoms with E-state index in [4.69, 9.17) is 16.3 Å². The first-order chi connectivity index (χ1) is 11.4. The van der Waals surface area contributed by atoms with Crippen molar-refractivity contribution in [1.82, 2.24) is 5.32 Å². The lowest BCUT2D eigenvalue weighted by Gasteiger charge is -2.15. The third-order valence-electron chi connectivity index (χ3n) is 3.94. The van der Waals surface area contributed by atoms with Gasteiger partial charge in [0, 0.05) is 11.4 Å². The summed E-state index contributed by atoms with van der Waals surface area (Å²) in [5.74, 6) is 0.862. The molecule has 2 aromatic rings. The summed E-state index contributed by atoms with van der Waals surface area (Å²) in [6.07, 6.45) is 1.16. The molecule has 0 radical (unpaired) electrons. The smallest absolute Gasteiger partial charge is 0.220 e. The second-order valence-corrected chi connectivity index (χ2v) is 6.59. The Morgan fingerprint density at radius 3 is 2.50 bits per heavy atom. The van der Waals surface area contributed by atoms with E-state index in [-0.39, 0.29) is 11.9 Å².